The Morgan fingerprint density at radius 3 is 2.10 bits per heavy atom. The minimum atomic E-state index is -1.08. The van der Waals surface area contributed by atoms with Crippen molar-refractivity contribution in [3.8, 4) is 11.1 Å². The highest BCUT2D eigenvalue weighted by Crippen LogP contribution is 2.44. The van der Waals surface area contributed by atoms with Gasteiger partial charge in [-0.1, -0.05) is 55.5 Å². The molecule has 0 heterocycles. The van der Waals surface area contributed by atoms with Crippen LogP contribution in [0, 0.1) is 5.92 Å². The number of nitrogens with zero attached hydrogens (tertiary/aromatic N) is 1. The Morgan fingerprint density at radius 2 is 1.57 bits per heavy atom. The van der Waals surface area contributed by atoms with Crippen LogP contribution in [-0.2, 0) is 14.3 Å². The average molecular weight is 410 g/mol. The predicted molar refractivity (Wildman–Crippen MR) is 112 cm³/mol. The number of carbonyl (C=O) groups is 3. The van der Waals surface area contributed by atoms with Crippen LogP contribution in [0.3, 0.4) is 0 Å². The molecular formula is C23H26N2O5. The molecule has 2 amide bonds. The number of carbonyl (C=O) groups excluding carboxylic acids is 2. The topological polar surface area (TPSA) is 95.9 Å². The van der Waals surface area contributed by atoms with Crippen LogP contribution in [0.15, 0.2) is 48.5 Å². The van der Waals surface area contributed by atoms with Crippen LogP contribution in [0.1, 0.15) is 30.9 Å². The molecule has 0 aromatic heterocycles. The van der Waals surface area contributed by atoms with Crippen LogP contribution in [0.25, 0.3) is 11.1 Å². The zero-order valence-corrected chi connectivity index (χ0v) is 17.3. The van der Waals surface area contributed by atoms with Crippen molar-refractivity contribution >= 4 is 18.0 Å². The van der Waals surface area contributed by atoms with Gasteiger partial charge in [0.05, 0.1) is 5.92 Å². The summed E-state index contributed by atoms with van der Waals surface area (Å²) in [6.45, 7) is 3.33. The maximum Gasteiger partial charge on any atom is 0.407 e. The largest absolute Gasteiger partial charge is 0.480 e. The Bertz CT molecular complexity index is 913. The number of nitrogens with one attached hydrogen (secondary N) is 1. The summed E-state index contributed by atoms with van der Waals surface area (Å²) in [7, 11) is 1.44. The molecule has 0 spiro atoms. The minimum absolute atomic E-state index is 0.0373. The number of rotatable bonds is 7. The summed E-state index contributed by atoms with van der Waals surface area (Å²) in [6, 6.07) is 15.2. The maximum atomic E-state index is 12.3. The lowest BCUT2D eigenvalue weighted by Gasteiger charge is -2.25. The molecule has 2 aromatic carbocycles. The number of amides is 2. The zero-order chi connectivity index (χ0) is 21.8. The molecular weight excluding hydrogens is 384 g/mol. The van der Waals surface area contributed by atoms with Gasteiger partial charge < -0.3 is 20.1 Å². The van der Waals surface area contributed by atoms with Crippen molar-refractivity contribution in [3.05, 3.63) is 59.7 Å². The Morgan fingerprint density at radius 1 is 1.03 bits per heavy atom. The van der Waals surface area contributed by atoms with Gasteiger partial charge in [0.2, 0.25) is 5.91 Å². The van der Waals surface area contributed by atoms with Crippen molar-refractivity contribution in [3.63, 3.8) is 0 Å². The third kappa shape index (κ3) is 4.30. The molecule has 0 aliphatic heterocycles. The van der Waals surface area contributed by atoms with Crippen molar-refractivity contribution in [2.45, 2.75) is 25.8 Å². The Labute approximate surface area is 175 Å². The predicted octanol–water partition coefficient (Wildman–Crippen LogP) is 3.09. The van der Waals surface area contributed by atoms with Crippen molar-refractivity contribution in [2.24, 2.45) is 5.92 Å². The second-order valence-electron chi connectivity index (χ2n) is 7.57. The molecule has 158 valence electrons. The van der Waals surface area contributed by atoms with E-state index in [1.807, 2.05) is 36.4 Å². The molecule has 2 aromatic rings. The lowest BCUT2D eigenvalue weighted by atomic mass is 9.98. The highest BCUT2D eigenvalue weighted by atomic mass is 16.5. The highest BCUT2D eigenvalue weighted by molar-refractivity contribution is 5.85. The van der Waals surface area contributed by atoms with Crippen molar-refractivity contribution in [1.82, 2.24) is 10.2 Å². The van der Waals surface area contributed by atoms with Crippen LogP contribution in [-0.4, -0.2) is 54.2 Å². The minimum Gasteiger partial charge on any atom is -0.480 e. The lowest BCUT2D eigenvalue weighted by Crippen LogP contribution is -2.45. The van der Waals surface area contributed by atoms with E-state index in [0.717, 1.165) is 27.2 Å². The first-order chi connectivity index (χ1) is 14.3. The average Bonchev–Trinajstić information content (AvgIpc) is 3.08. The normalized spacial score (nSPS) is 14.2. The van der Waals surface area contributed by atoms with Crippen LogP contribution in [0.5, 0.6) is 0 Å². The quantitative estimate of drug-likeness (QED) is 0.731. The van der Waals surface area contributed by atoms with E-state index in [0.29, 0.717) is 0 Å². The number of alkyl carbamates (subject to hydrolysis) is 1. The van der Waals surface area contributed by atoms with Gasteiger partial charge in [-0.3, -0.25) is 4.79 Å². The molecule has 30 heavy (non-hydrogen) atoms. The van der Waals surface area contributed by atoms with Gasteiger partial charge in [-0.2, -0.15) is 0 Å². The fourth-order valence-corrected chi connectivity index (χ4v) is 3.68. The third-order valence-electron chi connectivity index (χ3n) is 5.60. The van der Waals surface area contributed by atoms with Crippen LogP contribution in [0.2, 0.25) is 0 Å². The first-order valence-electron chi connectivity index (χ1n) is 9.89. The molecule has 1 aliphatic rings. The summed E-state index contributed by atoms with van der Waals surface area (Å²) in [6.07, 6.45) is -0.606. The molecule has 7 nitrogen and oxygen atoms in total. The highest BCUT2D eigenvalue weighted by Gasteiger charge is 2.29. The molecule has 0 saturated heterocycles. The van der Waals surface area contributed by atoms with E-state index in [2.05, 4.69) is 17.4 Å². The summed E-state index contributed by atoms with van der Waals surface area (Å²) < 4.78 is 5.45. The molecule has 2 N–H and O–H groups in total. The Balaban J connectivity index is 1.55. The molecule has 2 atom stereocenters. The number of carboxylic acid groups (broad SMARTS) is 1. The van der Waals surface area contributed by atoms with E-state index in [4.69, 9.17) is 9.84 Å². The van der Waals surface area contributed by atoms with Gasteiger partial charge in [0.1, 0.15) is 12.6 Å². The van der Waals surface area contributed by atoms with Gasteiger partial charge >= 0.3 is 12.1 Å². The number of benzene rings is 2. The van der Waals surface area contributed by atoms with Gasteiger partial charge in [0.25, 0.3) is 0 Å². The second-order valence-corrected chi connectivity index (χ2v) is 7.57. The first kappa shape index (κ1) is 21.4. The van der Waals surface area contributed by atoms with Crippen LogP contribution >= 0.6 is 0 Å². The van der Waals surface area contributed by atoms with E-state index in [-0.39, 0.29) is 25.0 Å². The smallest absolute Gasteiger partial charge is 0.407 e. The number of hydrogen-bond acceptors (Lipinski definition) is 4. The van der Waals surface area contributed by atoms with E-state index in [9.17, 15) is 14.4 Å². The molecule has 7 heteroatoms. The van der Waals surface area contributed by atoms with Gasteiger partial charge in [-0.15, -0.1) is 0 Å². The Hall–Kier alpha value is -3.35. The summed E-state index contributed by atoms with van der Waals surface area (Å²) in [5.41, 5.74) is 4.55. The SMILES string of the molecule is CC(CNC(=O)OCC1c2ccccc2-c2ccccc21)C(=O)N(C)[C@@H](C)C(=O)O. The third-order valence-corrected chi connectivity index (χ3v) is 5.60. The monoisotopic (exact) mass is 410 g/mol. The standard InChI is InChI=1S/C23H26N2O5/c1-14(21(26)25(3)15(2)22(27)28)12-24-23(29)30-13-20-18-10-6-4-8-16(18)17-9-5-7-11-19(17)20/h4-11,14-15,20H,12-13H2,1-3H3,(H,24,29)(H,27,28)/t14?,15-/m0/s1. The van der Waals surface area contributed by atoms with Gasteiger partial charge in [-0.25, -0.2) is 9.59 Å². The van der Waals surface area contributed by atoms with Crippen molar-refractivity contribution in [1.29, 1.82) is 0 Å². The molecule has 0 saturated carbocycles. The molecule has 0 bridgehead atoms. The van der Waals surface area contributed by atoms with E-state index >= 15 is 0 Å². The Kier molecular flexibility index (Phi) is 6.40. The number of ether oxygens (including phenoxy) is 1. The van der Waals surface area contributed by atoms with Crippen molar-refractivity contribution in [2.75, 3.05) is 20.2 Å². The second kappa shape index (κ2) is 8.98. The fraction of sp³-hybridized carbons (Fsp3) is 0.348. The first-order valence-corrected chi connectivity index (χ1v) is 9.89. The fourth-order valence-electron chi connectivity index (χ4n) is 3.68. The number of likely N-dealkylation sites (N-methyl/N-ethyl adjacent to an activating group) is 1. The zero-order valence-electron chi connectivity index (χ0n) is 17.3. The number of hydrogen-bond donors (Lipinski definition) is 2. The van der Waals surface area contributed by atoms with Gasteiger partial charge in [-0.05, 0) is 29.2 Å². The van der Waals surface area contributed by atoms with E-state index in [1.165, 1.54) is 14.0 Å². The summed E-state index contributed by atoms with van der Waals surface area (Å²) >= 11 is 0. The number of aliphatic carboxylic acids is 1. The maximum absolute atomic E-state index is 12.3. The number of fused-ring (bicyclic) bond motifs is 3. The molecule has 1 unspecified atom stereocenters. The summed E-state index contributed by atoms with van der Waals surface area (Å²) in [5.74, 6) is -2.05. The van der Waals surface area contributed by atoms with Gasteiger partial charge in [0, 0.05) is 19.5 Å². The van der Waals surface area contributed by atoms with E-state index in [1.54, 1.807) is 6.92 Å². The van der Waals surface area contributed by atoms with Crippen molar-refractivity contribution < 1.29 is 24.2 Å². The van der Waals surface area contributed by atoms with E-state index < -0.39 is 24.0 Å². The molecule has 0 radical (unpaired) electrons. The van der Waals surface area contributed by atoms with Crippen LogP contribution in [0.4, 0.5) is 4.79 Å². The molecule has 0 fully saturated rings. The molecule has 1 aliphatic carbocycles. The van der Waals surface area contributed by atoms with Crippen LogP contribution < -0.4 is 5.32 Å². The van der Waals surface area contributed by atoms with Gasteiger partial charge in [0.15, 0.2) is 0 Å². The number of carboxylic acids is 1. The lowest BCUT2D eigenvalue weighted by molar-refractivity contribution is -0.149. The summed E-state index contributed by atoms with van der Waals surface area (Å²) in [4.78, 5) is 36.7. The summed E-state index contributed by atoms with van der Waals surface area (Å²) in [5, 5.41) is 11.6. The molecule has 3 rings (SSSR count).